The largest absolute Gasteiger partial charge is 0.341 e. The number of rotatable bonds is 3. The Morgan fingerprint density at radius 1 is 1.50 bits per heavy atom. The van der Waals surface area contributed by atoms with Crippen LogP contribution in [0.3, 0.4) is 0 Å². The molecule has 1 unspecified atom stereocenters. The summed E-state index contributed by atoms with van der Waals surface area (Å²) in [5.74, 6) is 3.89. The van der Waals surface area contributed by atoms with E-state index in [4.69, 9.17) is 11.6 Å². The lowest BCUT2D eigenvalue weighted by Crippen LogP contribution is -2.38. The molecule has 1 aliphatic rings. The van der Waals surface area contributed by atoms with Gasteiger partial charge >= 0.3 is 0 Å². The maximum atomic E-state index is 13.7. The summed E-state index contributed by atoms with van der Waals surface area (Å²) in [4.78, 5) is 25.2. The zero-order chi connectivity index (χ0) is 16.1. The molecule has 2 rings (SSSR count). The first kappa shape index (κ1) is 16.3. The van der Waals surface area contributed by atoms with E-state index in [0.29, 0.717) is 19.5 Å². The molecule has 1 N–H and O–H groups in total. The van der Waals surface area contributed by atoms with Crippen molar-refractivity contribution in [2.24, 2.45) is 0 Å². The number of halogens is 2. The minimum absolute atomic E-state index is 0.0824. The first-order valence-electron chi connectivity index (χ1n) is 6.95. The van der Waals surface area contributed by atoms with E-state index in [2.05, 4.69) is 17.2 Å². The number of nitrogens with zero attached hydrogens (tertiary/aromatic N) is 1. The zero-order valence-electron chi connectivity index (χ0n) is 12.2. The number of likely N-dealkylation sites (tertiary alicyclic amines) is 1. The van der Waals surface area contributed by atoms with Gasteiger partial charge in [-0.2, -0.15) is 0 Å². The number of carbonyl (C=O) groups excluding carboxylic acids is 2. The highest BCUT2D eigenvalue weighted by molar-refractivity contribution is 6.31. The topological polar surface area (TPSA) is 49.4 Å². The fourth-order valence-electron chi connectivity index (χ4n) is 2.40. The maximum Gasteiger partial charge on any atom is 0.296 e. The summed E-state index contributed by atoms with van der Waals surface area (Å²) >= 11 is 5.93. The van der Waals surface area contributed by atoms with Crippen LogP contribution in [-0.4, -0.2) is 35.8 Å². The van der Waals surface area contributed by atoms with Crippen LogP contribution in [0, 0.1) is 17.7 Å². The van der Waals surface area contributed by atoms with Crippen LogP contribution >= 0.6 is 11.6 Å². The van der Waals surface area contributed by atoms with Crippen molar-refractivity contribution in [1.82, 2.24) is 10.2 Å². The van der Waals surface area contributed by atoms with E-state index in [-0.39, 0.29) is 34.9 Å². The Morgan fingerprint density at radius 3 is 2.95 bits per heavy atom. The minimum atomic E-state index is -0.483. The molecular formula is C16H16ClFN2O2. The minimum Gasteiger partial charge on any atom is -0.341 e. The van der Waals surface area contributed by atoms with Crippen molar-refractivity contribution < 1.29 is 14.0 Å². The SMILES string of the molecule is CC#CC(=O)NC1CCN(C(=O)Cc2c(F)cccc2Cl)C1. The zero-order valence-corrected chi connectivity index (χ0v) is 12.9. The van der Waals surface area contributed by atoms with Gasteiger partial charge in [0.25, 0.3) is 5.91 Å². The van der Waals surface area contributed by atoms with Crippen LogP contribution in [0.4, 0.5) is 4.39 Å². The normalized spacial score (nSPS) is 16.9. The van der Waals surface area contributed by atoms with Gasteiger partial charge in [-0.3, -0.25) is 9.59 Å². The second-order valence-corrected chi connectivity index (χ2v) is 5.46. The summed E-state index contributed by atoms with van der Waals surface area (Å²) < 4.78 is 13.7. The fraction of sp³-hybridized carbons (Fsp3) is 0.375. The van der Waals surface area contributed by atoms with Gasteiger partial charge < -0.3 is 10.2 Å². The molecule has 0 aliphatic carbocycles. The molecule has 0 spiro atoms. The Balaban J connectivity index is 1.94. The van der Waals surface area contributed by atoms with Gasteiger partial charge in [-0.05, 0) is 31.4 Å². The monoisotopic (exact) mass is 322 g/mol. The number of hydrogen-bond donors (Lipinski definition) is 1. The Bertz CT molecular complexity index is 631. The van der Waals surface area contributed by atoms with Crippen molar-refractivity contribution in [3.05, 3.63) is 34.6 Å². The summed E-state index contributed by atoms with van der Waals surface area (Å²) in [6.07, 6.45) is 0.578. The number of amides is 2. The third-order valence-corrected chi connectivity index (χ3v) is 3.86. The first-order valence-corrected chi connectivity index (χ1v) is 7.33. The lowest BCUT2D eigenvalue weighted by atomic mass is 10.1. The van der Waals surface area contributed by atoms with E-state index in [9.17, 15) is 14.0 Å². The highest BCUT2D eigenvalue weighted by atomic mass is 35.5. The van der Waals surface area contributed by atoms with E-state index in [1.807, 2.05) is 0 Å². The quantitative estimate of drug-likeness (QED) is 0.862. The molecule has 1 aliphatic heterocycles. The summed E-state index contributed by atoms with van der Waals surface area (Å²) in [6.45, 7) is 2.51. The summed E-state index contributed by atoms with van der Waals surface area (Å²) in [6, 6.07) is 4.23. The smallest absolute Gasteiger partial charge is 0.296 e. The van der Waals surface area contributed by atoms with E-state index in [0.717, 1.165) is 0 Å². The van der Waals surface area contributed by atoms with Crippen LogP contribution in [-0.2, 0) is 16.0 Å². The van der Waals surface area contributed by atoms with Gasteiger partial charge in [0, 0.05) is 29.7 Å². The molecule has 1 heterocycles. The van der Waals surface area contributed by atoms with E-state index in [1.54, 1.807) is 17.9 Å². The van der Waals surface area contributed by atoms with Gasteiger partial charge in [-0.1, -0.05) is 23.6 Å². The summed E-state index contributed by atoms with van der Waals surface area (Å²) in [7, 11) is 0. The second-order valence-electron chi connectivity index (χ2n) is 5.05. The molecule has 0 saturated carbocycles. The molecule has 1 aromatic carbocycles. The van der Waals surface area contributed by atoms with Gasteiger partial charge in [0.15, 0.2) is 0 Å². The van der Waals surface area contributed by atoms with Crippen LogP contribution < -0.4 is 5.32 Å². The average molecular weight is 323 g/mol. The van der Waals surface area contributed by atoms with Gasteiger partial charge in [0.2, 0.25) is 5.91 Å². The van der Waals surface area contributed by atoms with E-state index in [1.165, 1.54) is 12.1 Å². The highest BCUT2D eigenvalue weighted by Gasteiger charge is 2.27. The number of carbonyl (C=O) groups is 2. The Labute approximate surface area is 133 Å². The standard InChI is InChI=1S/C16H16ClFN2O2/c1-2-4-15(21)19-11-7-8-20(10-11)16(22)9-12-13(17)5-3-6-14(12)18/h3,5-6,11H,7-10H2,1H3,(H,19,21). The Morgan fingerprint density at radius 2 is 2.27 bits per heavy atom. The van der Waals surface area contributed by atoms with Gasteiger partial charge in [-0.15, -0.1) is 0 Å². The van der Waals surface area contributed by atoms with Gasteiger partial charge in [-0.25, -0.2) is 4.39 Å². The van der Waals surface area contributed by atoms with Gasteiger partial charge in [0.1, 0.15) is 5.82 Å². The van der Waals surface area contributed by atoms with E-state index < -0.39 is 5.82 Å². The molecule has 1 saturated heterocycles. The van der Waals surface area contributed by atoms with E-state index >= 15 is 0 Å². The molecule has 22 heavy (non-hydrogen) atoms. The Hall–Kier alpha value is -2.06. The van der Waals surface area contributed by atoms with Crippen LogP contribution in [0.1, 0.15) is 18.9 Å². The predicted octanol–water partition coefficient (Wildman–Crippen LogP) is 1.76. The van der Waals surface area contributed by atoms with Crippen LogP contribution in [0.15, 0.2) is 18.2 Å². The molecular weight excluding hydrogens is 307 g/mol. The van der Waals surface area contributed by atoms with Crippen molar-refractivity contribution in [3.63, 3.8) is 0 Å². The van der Waals surface area contributed by atoms with Crippen LogP contribution in [0.2, 0.25) is 5.02 Å². The molecule has 1 aromatic rings. The summed E-state index contributed by atoms with van der Waals surface area (Å²) in [5.41, 5.74) is 0.207. The van der Waals surface area contributed by atoms with Crippen molar-refractivity contribution in [2.45, 2.75) is 25.8 Å². The molecule has 0 bridgehead atoms. The average Bonchev–Trinajstić information content (AvgIpc) is 2.91. The summed E-state index contributed by atoms with van der Waals surface area (Å²) in [5, 5.41) is 2.99. The number of nitrogens with one attached hydrogen (secondary N) is 1. The molecule has 0 aromatic heterocycles. The second kappa shape index (κ2) is 7.28. The third kappa shape index (κ3) is 3.99. The molecule has 2 amide bonds. The third-order valence-electron chi connectivity index (χ3n) is 3.50. The highest BCUT2D eigenvalue weighted by Crippen LogP contribution is 2.21. The lowest BCUT2D eigenvalue weighted by Gasteiger charge is -2.17. The van der Waals surface area contributed by atoms with Crippen LogP contribution in [0.5, 0.6) is 0 Å². The molecule has 116 valence electrons. The van der Waals surface area contributed by atoms with Crippen LogP contribution in [0.25, 0.3) is 0 Å². The Kier molecular flexibility index (Phi) is 5.40. The molecule has 4 nitrogen and oxygen atoms in total. The number of benzene rings is 1. The van der Waals surface area contributed by atoms with Crippen molar-refractivity contribution >= 4 is 23.4 Å². The number of hydrogen-bond acceptors (Lipinski definition) is 2. The van der Waals surface area contributed by atoms with Crippen molar-refractivity contribution in [2.75, 3.05) is 13.1 Å². The van der Waals surface area contributed by atoms with Crippen molar-refractivity contribution in [1.29, 1.82) is 0 Å². The van der Waals surface area contributed by atoms with Gasteiger partial charge in [0.05, 0.1) is 6.42 Å². The first-order chi connectivity index (χ1) is 10.5. The molecule has 0 radical (unpaired) electrons. The molecule has 1 fully saturated rings. The molecule has 1 atom stereocenters. The maximum absolute atomic E-state index is 13.7. The predicted molar refractivity (Wildman–Crippen MR) is 81.7 cm³/mol. The molecule has 6 heteroatoms. The van der Waals surface area contributed by atoms with Crippen molar-refractivity contribution in [3.8, 4) is 11.8 Å². The lowest BCUT2D eigenvalue weighted by molar-refractivity contribution is -0.129. The fourth-order valence-corrected chi connectivity index (χ4v) is 2.63.